The fraction of sp³-hybridized carbons (Fsp3) is 0.273. The van der Waals surface area contributed by atoms with Crippen molar-refractivity contribution in [2.75, 3.05) is 31.1 Å². The number of ether oxygens (including phenoxy) is 1. The Morgan fingerprint density at radius 2 is 1.42 bits per heavy atom. The highest BCUT2D eigenvalue weighted by Gasteiger charge is 2.26. The third-order valence-corrected chi connectivity index (χ3v) is 12.5. The summed E-state index contributed by atoms with van der Waals surface area (Å²) in [6, 6.07) is 40.2. The zero-order valence-corrected chi connectivity index (χ0v) is 37.9. The summed E-state index contributed by atoms with van der Waals surface area (Å²) in [4.78, 5) is 36.0. The molecule has 1 atom stereocenters. The minimum Gasteiger partial charge on any atom is -0.478 e. The number of aromatic nitrogens is 3. The minimum atomic E-state index is -1.04. The average Bonchev–Trinajstić information content (AvgIpc) is 3.62. The standard InChI is InChI=1S/C55H57N5O4/c1-36-30-48(31-37(2)38(36)3)64-47-24-17-43(18-25-47)50(60-53-52(39(4)57-60)49(54(62)63)35-45(56-53)21-16-40-12-9-8-10-13-40)33-41-14-11-15-42(32-41)34-51(61)59-28-26-58(27-29-59)46-22-19-44(20-23-46)55(5,6)7/h8-25,30-32,35,50H,26-29,33-34H2,1-7H3,(H,62,63)/b21-16+. The summed E-state index contributed by atoms with van der Waals surface area (Å²) in [7, 11) is 0. The van der Waals surface area contributed by atoms with Crippen LogP contribution in [0.1, 0.15) is 93.1 Å². The highest BCUT2D eigenvalue weighted by Crippen LogP contribution is 2.33. The SMILES string of the molecule is Cc1cc(Oc2ccc(C(Cc3cccc(CC(=O)N4CCN(c5ccc(C(C)(C)C)cc5)CC4)c3)n3nc(C)c4c(C(=O)O)cc(/C=C/c5ccccc5)nc43)cc2)cc(C)c1C. The predicted molar refractivity (Wildman–Crippen MR) is 258 cm³/mol. The lowest BCUT2D eigenvalue weighted by Crippen LogP contribution is -2.49. The second kappa shape index (κ2) is 18.4. The normalized spacial score (nSPS) is 13.7. The predicted octanol–water partition coefficient (Wildman–Crippen LogP) is 11.3. The van der Waals surface area contributed by atoms with Gasteiger partial charge in [-0.25, -0.2) is 14.5 Å². The maximum Gasteiger partial charge on any atom is 0.336 e. The molecule has 1 saturated heterocycles. The molecular formula is C55H57N5O4. The van der Waals surface area contributed by atoms with Gasteiger partial charge in [-0.15, -0.1) is 0 Å². The van der Waals surface area contributed by atoms with Gasteiger partial charge in [0.1, 0.15) is 11.5 Å². The number of hydrogen-bond acceptors (Lipinski definition) is 6. The molecule has 0 radical (unpaired) electrons. The number of carbonyl (C=O) groups excluding carboxylic acids is 1. The fourth-order valence-corrected chi connectivity index (χ4v) is 8.61. The van der Waals surface area contributed by atoms with Gasteiger partial charge in [0.15, 0.2) is 5.65 Å². The Hall–Kier alpha value is -7.00. The van der Waals surface area contributed by atoms with Gasteiger partial charge in [0.05, 0.1) is 34.8 Å². The lowest BCUT2D eigenvalue weighted by molar-refractivity contribution is -0.130. The fourth-order valence-electron chi connectivity index (χ4n) is 8.61. The van der Waals surface area contributed by atoms with Crippen molar-refractivity contribution < 1.29 is 19.4 Å². The molecule has 5 aromatic carbocycles. The van der Waals surface area contributed by atoms with Crippen LogP contribution in [0, 0.1) is 27.7 Å². The topological polar surface area (TPSA) is 101 Å². The van der Waals surface area contributed by atoms with Crippen LogP contribution in [0.15, 0.2) is 121 Å². The Morgan fingerprint density at radius 3 is 2.08 bits per heavy atom. The summed E-state index contributed by atoms with van der Waals surface area (Å²) in [5.74, 6) is 0.545. The quantitative estimate of drug-likeness (QED) is 0.131. The number of fused-ring (bicyclic) bond motifs is 1. The van der Waals surface area contributed by atoms with E-state index in [9.17, 15) is 14.7 Å². The third kappa shape index (κ3) is 9.79. The van der Waals surface area contributed by atoms with Gasteiger partial charge in [0, 0.05) is 31.9 Å². The van der Waals surface area contributed by atoms with E-state index in [0.29, 0.717) is 54.1 Å². The summed E-state index contributed by atoms with van der Waals surface area (Å²) in [6.07, 6.45) is 4.58. The molecule has 9 nitrogen and oxygen atoms in total. The molecule has 7 aromatic rings. The van der Waals surface area contributed by atoms with Crippen molar-refractivity contribution in [3.63, 3.8) is 0 Å². The monoisotopic (exact) mass is 851 g/mol. The lowest BCUT2D eigenvalue weighted by atomic mass is 9.87. The maximum absolute atomic E-state index is 13.8. The van der Waals surface area contributed by atoms with Crippen LogP contribution in [0.4, 0.5) is 5.69 Å². The molecule has 0 aliphatic carbocycles. The molecule has 0 spiro atoms. The highest BCUT2D eigenvalue weighted by molar-refractivity contribution is 6.03. The number of aromatic carboxylic acids is 1. The van der Waals surface area contributed by atoms with Crippen molar-refractivity contribution in [3.8, 4) is 11.5 Å². The van der Waals surface area contributed by atoms with Crippen LogP contribution in [0.3, 0.4) is 0 Å². The molecule has 0 bridgehead atoms. The van der Waals surface area contributed by atoms with Gasteiger partial charge < -0.3 is 19.6 Å². The number of aryl methyl sites for hydroxylation is 3. The largest absolute Gasteiger partial charge is 0.478 e. The first-order valence-electron chi connectivity index (χ1n) is 22.1. The van der Waals surface area contributed by atoms with Crippen molar-refractivity contribution in [1.29, 1.82) is 0 Å². The van der Waals surface area contributed by atoms with E-state index in [1.807, 2.05) is 95.4 Å². The Labute approximate surface area is 376 Å². The number of carboxylic acids is 1. The first kappa shape index (κ1) is 43.6. The molecule has 64 heavy (non-hydrogen) atoms. The van der Waals surface area contributed by atoms with Crippen LogP contribution >= 0.6 is 0 Å². The Kier molecular flexibility index (Phi) is 12.5. The van der Waals surface area contributed by atoms with E-state index in [2.05, 4.69) is 95.0 Å². The number of carbonyl (C=O) groups is 2. The van der Waals surface area contributed by atoms with Crippen molar-refractivity contribution >= 4 is 40.7 Å². The number of amides is 1. The molecule has 1 aliphatic rings. The van der Waals surface area contributed by atoms with Crippen LogP contribution in [-0.2, 0) is 23.1 Å². The number of pyridine rings is 1. The molecule has 1 aliphatic heterocycles. The number of carboxylic acid groups (broad SMARTS) is 1. The Morgan fingerprint density at radius 1 is 0.750 bits per heavy atom. The van der Waals surface area contributed by atoms with Crippen LogP contribution in [-0.4, -0.2) is 62.8 Å². The van der Waals surface area contributed by atoms with E-state index in [4.69, 9.17) is 14.8 Å². The molecular weight excluding hydrogens is 795 g/mol. The summed E-state index contributed by atoms with van der Waals surface area (Å²) in [6.45, 7) is 17.7. The molecule has 1 unspecified atom stereocenters. The van der Waals surface area contributed by atoms with Crippen molar-refractivity contribution in [2.24, 2.45) is 0 Å². The number of anilines is 1. The maximum atomic E-state index is 13.8. The van der Waals surface area contributed by atoms with Crippen molar-refractivity contribution in [2.45, 2.75) is 72.8 Å². The molecule has 0 saturated carbocycles. The molecule has 1 N–H and O–H groups in total. The summed E-state index contributed by atoms with van der Waals surface area (Å²) < 4.78 is 8.22. The van der Waals surface area contributed by atoms with E-state index >= 15 is 0 Å². The second-order valence-corrected chi connectivity index (χ2v) is 18.1. The second-order valence-electron chi connectivity index (χ2n) is 18.1. The average molecular weight is 852 g/mol. The zero-order chi connectivity index (χ0) is 45.1. The minimum absolute atomic E-state index is 0.101. The van der Waals surface area contributed by atoms with Gasteiger partial charge in [-0.05, 0) is 133 Å². The van der Waals surface area contributed by atoms with Crippen LogP contribution in [0.5, 0.6) is 11.5 Å². The van der Waals surface area contributed by atoms with Gasteiger partial charge in [0.25, 0.3) is 0 Å². The molecule has 2 aromatic heterocycles. The first-order valence-corrected chi connectivity index (χ1v) is 22.1. The van der Waals surface area contributed by atoms with Crippen molar-refractivity contribution in [1.82, 2.24) is 19.7 Å². The van der Waals surface area contributed by atoms with E-state index in [1.165, 1.54) is 27.9 Å². The lowest BCUT2D eigenvalue weighted by Gasteiger charge is -2.36. The van der Waals surface area contributed by atoms with Crippen LogP contribution in [0.25, 0.3) is 23.2 Å². The van der Waals surface area contributed by atoms with Crippen molar-refractivity contribution in [3.05, 3.63) is 183 Å². The van der Waals surface area contributed by atoms with Crippen LogP contribution < -0.4 is 9.64 Å². The highest BCUT2D eigenvalue weighted by atomic mass is 16.5. The van der Waals surface area contributed by atoms with Gasteiger partial charge in [-0.2, -0.15) is 5.10 Å². The Bertz CT molecular complexity index is 2810. The third-order valence-electron chi connectivity index (χ3n) is 12.5. The summed E-state index contributed by atoms with van der Waals surface area (Å²) in [5.41, 5.74) is 11.8. The first-order chi connectivity index (χ1) is 30.7. The van der Waals surface area contributed by atoms with E-state index in [1.54, 1.807) is 6.07 Å². The van der Waals surface area contributed by atoms with E-state index in [-0.39, 0.29) is 22.9 Å². The van der Waals surface area contributed by atoms with Gasteiger partial charge in [0.2, 0.25) is 5.91 Å². The number of hydrogen-bond donors (Lipinski definition) is 1. The number of benzene rings is 5. The molecule has 1 fully saturated rings. The van der Waals surface area contributed by atoms with E-state index < -0.39 is 5.97 Å². The molecule has 3 heterocycles. The summed E-state index contributed by atoms with van der Waals surface area (Å²) >= 11 is 0. The molecule has 9 heteroatoms. The molecule has 1 amide bonds. The molecule has 8 rings (SSSR count). The zero-order valence-electron chi connectivity index (χ0n) is 37.9. The molecule has 326 valence electrons. The smallest absolute Gasteiger partial charge is 0.336 e. The number of nitrogens with zero attached hydrogens (tertiary/aromatic N) is 5. The van der Waals surface area contributed by atoms with Gasteiger partial charge in [-0.1, -0.05) is 106 Å². The Balaban J connectivity index is 1.08. The number of piperazine rings is 1. The van der Waals surface area contributed by atoms with Gasteiger partial charge >= 0.3 is 5.97 Å². The summed E-state index contributed by atoms with van der Waals surface area (Å²) in [5, 5.41) is 16.0. The van der Waals surface area contributed by atoms with Crippen LogP contribution in [0.2, 0.25) is 0 Å². The number of rotatable bonds is 12. The van der Waals surface area contributed by atoms with E-state index in [0.717, 1.165) is 41.1 Å². The van der Waals surface area contributed by atoms with Gasteiger partial charge in [-0.3, -0.25) is 4.79 Å².